The Kier molecular flexibility index (Phi) is 11.2. The fraction of sp³-hybridized carbons (Fsp3) is 0. The van der Waals surface area contributed by atoms with Crippen molar-refractivity contribution >= 4 is 101 Å². The highest BCUT2D eigenvalue weighted by atomic mass is 28.3. The van der Waals surface area contributed by atoms with Gasteiger partial charge in [-0.3, -0.25) is 9.13 Å². The highest BCUT2D eigenvalue weighted by molar-refractivity contribution is 7.20. The summed E-state index contributed by atoms with van der Waals surface area (Å²) in [7, 11) is -5.68. The minimum absolute atomic E-state index is 0.610. The molecule has 0 saturated heterocycles. The summed E-state index contributed by atoms with van der Waals surface area (Å²) in [5.74, 6) is 1.41. The summed E-state index contributed by atoms with van der Waals surface area (Å²) >= 11 is 0. The van der Waals surface area contributed by atoms with Crippen LogP contribution in [-0.2, 0) is 0 Å². The first-order valence-electron chi connectivity index (χ1n) is 26.1. The van der Waals surface area contributed by atoms with E-state index in [-0.39, 0.29) is 0 Å². The van der Waals surface area contributed by atoms with Gasteiger partial charge in [0.05, 0.1) is 27.8 Å². The molecule has 0 atom stereocenters. The van der Waals surface area contributed by atoms with Crippen molar-refractivity contribution in [2.45, 2.75) is 0 Å². The van der Waals surface area contributed by atoms with E-state index in [9.17, 15) is 0 Å². The van der Waals surface area contributed by atoms with Gasteiger partial charge in [0.2, 0.25) is 5.95 Å². The lowest BCUT2D eigenvalue weighted by Gasteiger charge is -2.34. The van der Waals surface area contributed by atoms with E-state index in [1.165, 1.54) is 52.3 Å². The zero-order chi connectivity index (χ0) is 50.5. The maximum absolute atomic E-state index is 5.70. The van der Waals surface area contributed by atoms with Crippen LogP contribution >= 0.6 is 0 Å². The van der Waals surface area contributed by atoms with Gasteiger partial charge in [0.15, 0.2) is 16.1 Å². The van der Waals surface area contributed by atoms with E-state index in [1.54, 1.807) is 0 Å². The van der Waals surface area contributed by atoms with Crippen molar-refractivity contribution in [1.82, 2.24) is 19.1 Å². The van der Waals surface area contributed by atoms with E-state index in [0.717, 1.165) is 49.9 Å². The smallest absolute Gasteiger partial charge is 0.237 e. The predicted molar refractivity (Wildman–Crippen MR) is 323 cm³/mol. The van der Waals surface area contributed by atoms with Gasteiger partial charge in [-0.25, -0.2) is 4.98 Å². The Balaban J connectivity index is 1.02. The van der Waals surface area contributed by atoms with Crippen LogP contribution in [0.25, 0.3) is 66.6 Å². The van der Waals surface area contributed by atoms with Crippen LogP contribution in [-0.4, -0.2) is 35.2 Å². The molecule has 0 radical (unpaired) electrons. The third kappa shape index (κ3) is 7.18. The standard InChI is InChI=1S/C70H50N4Si2/c1-8-26-51(27-9-1)64-50-69(73-65-42-24-22-40-60(65)62-48-58(44-46-67(62)73)75(52-28-10-2-11-29-52,53-30-12-3-13-31-53)54-32-14-4-15-33-54)72-70(71-64)74-66-43-25-23-41-61(66)63-49-59(45-47-68(63)74)76(55-34-16-5-17-35-55,56-36-18-6-19-37-56)57-38-20-7-21-39-57/h1-50H. The van der Waals surface area contributed by atoms with E-state index < -0.39 is 16.1 Å². The van der Waals surface area contributed by atoms with E-state index in [0.29, 0.717) is 5.95 Å². The second kappa shape index (κ2) is 18.8. The molecule has 0 aliphatic carbocycles. The summed E-state index contributed by atoms with van der Waals surface area (Å²) in [6.45, 7) is 0. The average Bonchev–Trinajstić information content (AvgIpc) is 4.15. The molecule has 0 N–H and O–H groups in total. The Morgan fingerprint density at radius 1 is 0.237 bits per heavy atom. The molecule has 6 heteroatoms. The molecule has 3 heterocycles. The van der Waals surface area contributed by atoms with E-state index in [4.69, 9.17) is 9.97 Å². The molecule has 4 nitrogen and oxygen atoms in total. The highest BCUT2D eigenvalue weighted by Crippen LogP contribution is 2.36. The van der Waals surface area contributed by atoms with E-state index in [1.807, 2.05) is 0 Å². The van der Waals surface area contributed by atoms with Crippen LogP contribution in [0.15, 0.2) is 303 Å². The molecule has 0 aliphatic rings. The maximum atomic E-state index is 5.70. The molecule has 14 rings (SSSR count). The van der Waals surface area contributed by atoms with Crippen molar-refractivity contribution in [3.05, 3.63) is 303 Å². The van der Waals surface area contributed by atoms with Crippen molar-refractivity contribution in [3.63, 3.8) is 0 Å². The van der Waals surface area contributed by atoms with E-state index in [2.05, 4.69) is 312 Å². The van der Waals surface area contributed by atoms with Crippen LogP contribution in [0.5, 0.6) is 0 Å². The minimum atomic E-state index is -2.84. The zero-order valence-electron chi connectivity index (χ0n) is 41.7. The SMILES string of the molecule is c1ccc(-c2cc(-n3c4ccccc4c4cc([Si](c5ccccc5)(c5ccccc5)c5ccccc5)ccc43)nc(-n3c4ccccc4c4cc([Si](c5ccccc5)(c5ccccc5)c5ccccc5)ccc43)n2)cc1. The number of hydrogen-bond donors (Lipinski definition) is 0. The van der Waals surface area contributed by atoms with Crippen LogP contribution in [0.1, 0.15) is 0 Å². The van der Waals surface area contributed by atoms with Crippen molar-refractivity contribution in [1.29, 1.82) is 0 Å². The topological polar surface area (TPSA) is 35.6 Å². The molecular weight excluding hydrogens is 953 g/mol. The molecular formula is C70H50N4Si2. The van der Waals surface area contributed by atoms with Gasteiger partial charge in [0.25, 0.3) is 0 Å². The lowest BCUT2D eigenvalue weighted by Crippen LogP contribution is -2.74. The molecule has 0 amide bonds. The van der Waals surface area contributed by atoms with Crippen LogP contribution in [0, 0.1) is 0 Å². The Labute approximate surface area is 444 Å². The summed E-state index contributed by atoms with van der Waals surface area (Å²) in [4.78, 5) is 11.2. The lowest BCUT2D eigenvalue weighted by atomic mass is 10.1. The number of hydrogen-bond acceptors (Lipinski definition) is 2. The lowest BCUT2D eigenvalue weighted by molar-refractivity contribution is 0.952. The number of rotatable bonds is 11. The molecule has 14 aromatic rings. The molecule has 11 aromatic carbocycles. The van der Waals surface area contributed by atoms with Crippen LogP contribution in [0.2, 0.25) is 0 Å². The summed E-state index contributed by atoms with van der Waals surface area (Å²) in [6, 6.07) is 112. The molecule has 0 bridgehead atoms. The van der Waals surface area contributed by atoms with Gasteiger partial charge in [-0.2, -0.15) is 4.98 Å². The highest BCUT2D eigenvalue weighted by Gasteiger charge is 2.43. The van der Waals surface area contributed by atoms with Gasteiger partial charge in [-0.1, -0.05) is 273 Å². The summed E-state index contributed by atoms with van der Waals surface area (Å²) in [5.41, 5.74) is 6.13. The van der Waals surface area contributed by atoms with Crippen LogP contribution in [0.4, 0.5) is 0 Å². The number of para-hydroxylation sites is 2. The molecule has 3 aromatic heterocycles. The fourth-order valence-electron chi connectivity index (χ4n) is 12.4. The molecule has 76 heavy (non-hydrogen) atoms. The van der Waals surface area contributed by atoms with Gasteiger partial charge in [0, 0.05) is 33.2 Å². The molecule has 0 saturated carbocycles. The van der Waals surface area contributed by atoms with Crippen molar-refractivity contribution < 1.29 is 0 Å². The maximum Gasteiger partial charge on any atom is 0.237 e. The first-order chi connectivity index (χ1) is 37.7. The minimum Gasteiger partial charge on any atom is -0.294 e. The normalized spacial score (nSPS) is 11.9. The quantitative estimate of drug-likeness (QED) is 0.0956. The Morgan fingerprint density at radius 2 is 0.553 bits per heavy atom. The number of benzene rings is 11. The largest absolute Gasteiger partial charge is 0.294 e. The molecule has 0 aliphatic heterocycles. The Bertz CT molecular complexity index is 3920. The Morgan fingerprint density at radius 3 is 0.947 bits per heavy atom. The van der Waals surface area contributed by atoms with E-state index >= 15 is 0 Å². The number of aromatic nitrogens is 4. The third-order valence-electron chi connectivity index (χ3n) is 15.7. The van der Waals surface area contributed by atoms with Gasteiger partial charge in [0.1, 0.15) is 5.82 Å². The molecule has 0 unspecified atom stereocenters. The Hall–Kier alpha value is -9.47. The third-order valence-corrected chi connectivity index (χ3v) is 25.2. The first-order valence-corrected chi connectivity index (χ1v) is 30.1. The number of fused-ring (bicyclic) bond motifs is 6. The first kappa shape index (κ1) is 45.2. The monoisotopic (exact) mass is 1000 g/mol. The van der Waals surface area contributed by atoms with Gasteiger partial charge >= 0.3 is 0 Å². The van der Waals surface area contributed by atoms with Crippen molar-refractivity contribution in [2.24, 2.45) is 0 Å². The number of nitrogens with zero attached hydrogens (tertiary/aromatic N) is 4. The summed E-state index contributed by atoms with van der Waals surface area (Å²) in [5, 5.41) is 15.3. The van der Waals surface area contributed by atoms with Crippen molar-refractivity contribution in [3.8, 4) is 23.0 Å². The molecule has 0 fully saturated rings. The predicted octanol–water partition coefficient (Wildman–Crippen LogP) is 11.1. The second-order valence-corrected chi connectivity index (χ2v) is 27.3. The molecule has 0 spiro atoms. The average molecular weight is 1000 g/mol. The van der Waals surface area contributed by atoms with Gasteiger partial charge in [-0.15, -0.1) is 0 Å². The fourth-order valence-corrected chi connectivity index (χ4v) is 21.9. The second-order valence-electron chi connectivity index (χ2n) is 19.6. The van der Waals surface area contributed by atoms with Crippen LogP contribution in [0.3, 0.4) is 0 Å². The zero-order valence-corrected chi connectivity index (χ0v) is 43.7. The summed E-state index contributed by atoms with van der Waals surface area (Å²) in [6.07, 6.45) is 0. The van der Waals surface area contributed by atoms with Crippen molar-refractivity contribution in [2.75, 3.05) is 0 Å². The molecule has 358 valence electrons. The van der Waals surface area contributed by atoms with Crippen LogP contribution < -0.4 is 41.5 Å². The van der Waals surface area contributed by atoms with Gasteiger partial charge in [-0.05, 0) is 65.8 Å². The van der Waals surface area contributed by atoms with Gasteiger partial charge < -0.3 is 0 Å². The summed E-state index contributed by atoms with van der Waals surface area (Å²) < 4.78 is 4.64.